The zero-order valence-electron chi connectivity index (χ0n) is 9.76. The van der Waals surface area contributed by atoms with Crippen molar-refractivity contribution in [2.45, 2.75) is 18.9 Å². The fourth-order valence-electron chi connectivity index (χ4n) is 1.21. The smallest absolute Gasteiger partial charge is 0.190 e. The number of halogens is 2. The lowest BCUT2D eigenvalue weighted by atomic mass is 10.0. The Labute approximate surface area is 99.0 Å². The number of nitrogens with one attached hydrogen (secondary N) is 1. The van der Waals surface area contributed by atoms with Crippen LogP contribution < -0.4 is 10.1 Å². The average Bonchev–Trinajstić information content (AvgIpc) is 2.32. The molecule has 0 aromatic heterocycles. The summed E-state index contributed by atoms with van der Waals surface area (Å²) in [5, 5.41) is 11.7. The first kappa shape index (κ1) is 13.4. The predicted octanol–water partition coefficient (Wildman–Crippen LogP) is 2.24. The third-order valence-electron chi connectivity index (χ3n) is 2.57. The van der Waals surface area contributed by atoms with Gasteiger partial charge in [-0.05, 0) is 26.1 Å². The molecule has 0 saturated heterocycles. The molecule has 17 heavy (non-hydrogen) atoms. The molecule has 5 heteroatoms. The molecule has 0 bridgehead atoms. The number of benzene rings is 1. The number of ether oxygens (including phenoxy) is 1. The summed E-state index contributed by atoms with van der Waals surface area (Å²) in [6.07, 6.45) is 0.327. The van der Waals surface area contributed by atoms with Crippen LogP contribution in [-0.2, 0) is 0 Å². The highest BCUT2D eigenvalue weighted by Crippen LogP contribution is 2.21. The summed E-state index contributed by atoms with van der Waals surface area (Å²) < 4.78 is 31.4. The average molecular weight is 240 g/mol. The van der Waals surface area contributed by atoms with E-state index in [9.17, 15) is 8.78 Å². The molecule has 0 aliphatic heterocycles. The van der Waals surface area contributed by atoms with Gasteiger partial charge in [0.15, 0.2) is 17.4 Å². The lowest BCUT2D eigenvalue weighted by molar-refractivity contribution is 0.251. The minimum absolute atomic E-state index is 0.0583. The second-order valence-electron chi connectivity index (χ2n) is 3.84. The van der Waals surface area contributed by atoms with Crippen LogP contribution >= 0.6 is 0 Å². The molecule has 1 aromatic rings. The molecule has 1 aromatic carbocycles. The fourth-order valence-corrected chi connectivity index (χ4v) is 1.21. The summed E-state index contributed by atoms with van der Waals surface area (Å²) >= 11 is 0. The Kier molecular flexibility index (Phi) is 4.41. The van der Waals surface area contributed by atoms with E-state index >= 15 is 0 Å². The van der Waals surface area contributed by atoms with Gasteiger partial charge < -0.3 is 10.1 Å². The number of nitrogens with zero attached hydrogens (tertiary/aromatic N) is 1. The molecule has 0 amide bonds. The van der Waals surface area contributed by atoms with Gasteiger partial charge in [0.2, 0.25) is 0 Å². The van der Waals surface area contributed by atoms with E-state index in [-0.39, 0.29) is 6.61 Å². The molecule has 0 radical (unpaired) electrons. The molecular weight excluding hydrogens is 226 g/mol. The Morgan fingerprint density at radius 1 is 1.41 bits per heavy atom. The van der Waals surface area contributed by atoms with Crippen LogP contribution in [0.4, 0.5) is 8.78 Å². The van der Waals surface area contributed by atoms with Gasteiger partial charge in [-0.25, -0.2) is 8.78 Å². The van der Waals surface area contributed by atoms with E-state index in [0.29, 0.717) is 6.42 Å². The van der Waals surface area contributed by atoms with Crippen molar-refractivity contribution in [1.82, 2.24) is 5.32 Å². The second kappa shape index (κ2) is 5.60. The van der Waals surface area contributed by atoms with Gasteiger partial charge in [-0.15, -0.1) is 0 Å². The maximum Gasteiger partial charge on any atom is 0.190 e. The van der Waals surface area contributed by atoms with E-state index in [4.69, 9.17) is 10.00 Å². The maximum atomic E-state index is 13.2. The third kappa shape index (κ3) is 3.40. The highest BCUT2D eigenvalue weighted by atomic mass is 19.1. The van der Waals surface area contributed by atoms with Crippen molar-refractivity contribution in [2.24, 2.45) is 0 Å². The van der Waals surface area contributed by atoms with Crippen molar-refractivity contribution >= 4 is 0 Å². The summed E-state index contributed by atoms with van der Waals surface area (Å²) in [5.41, 5.74) is -0.762. The minimum Gasteiger partial charge on any atom is -0.488 e. The molecule has 0 aliphatic rings. The molecule has 1 atom stereocenters. The first-order valence-electron chi connectivity index (χ1n) is 5.19. The molecule has 0 saturated carbocycles. The summed E-state index contributed by atoms with van der Waals surface area (Å²) in [6, 6.07) is 5.58. The summed E-state index contributed by atoms with van der Waals surface area (Å²) in [4.78, 5) is 0. The van der Waals surface area contributed by atoms with Gasteiger partial charge in [-0.1, -0.05) is 6.07 Å². The van der Waals surface area contributed by atoms with Crippen LogP contribution in [0.3, 0.4) is 0 Å². The van der Waals surface area contributed by atoms with E-state index in [1.165, 1.54) is 6.07 Å². The van der Waals surface area contributed by atoms with Crippen LogP contribution in [0.2, 0.25) is 0 Å². The molecule has 1 rings (SSSR count). The zero-order valence-corrected chi connectivity index (χ0v) is 9.76. The number of hydrogen-bond donors (Lipinski definition) is 1. The molecule has 3 nitrogen and oxygen atoms in total. The third-order valence-corrected chi connectivity index (χ3v) is 2.57. The zero-order chi connectivity index (χ0) is 12.9. The van der Waals surface area contributed by atoms with Gasteiger partial charge in [-0.3, -0.25) is 0 Å². The molecule has 1 N–H and O–H groups in total. The summed E-state index contributed by atoms with van der Waals surface area (Å²) in [6.45, 7) is 1.75. The minimum atomic E-state index is -0.762. The first-order chi connectivity index (χ1) is 8.02. The van der Waals surface area contributed by atoms with E-state index in [1.807, 2.05) is 0 Å². The lowest BCUT2D eigenvalue weighted by Gasteiger charge is -2.20. The van der Waals surface area contributed by atoms with Crippen molar-refractivity contribution in [3.63, 3.8) is 0 Å². The number of hydrogen-bond acceptors (Lipinski definition) is 3. The fraction of sp³-hybridized carbons (Fsp3) is 0.417. The lowest BCUT2D eigenvalue weighted by Crippen LogP contribution is -2.39. The standard InChI is InChI=1S/C12H14F2N2O/c1-12(8-15,16-2)6-7-17-11-9(13)4-3-5-10(11)14/h3-5,16H,6-7H2,1-2H3. The van der Waals surface area contributed by atoms with Crippen LogP contribution in [0.1, 0.15) is 13.3 Å². The Balaban J connectivity index is 2.61. The molecule has 1 unspecified atom stereocenters. The van der Waals surface area contributed by atoms with E-state index < -0.39 is 22.9 Å². The Bertz CT molecular complexity index is 411. The van der Waals surface area contributed by atoms with E-state index in [1.54, 1.807) is 14.0 Å². The van der Waals surface area contributed by atoms with Gasteiger partial charge >= 0.3 is 0 Å². The highest BCUT2D eigenvalue weighted by Gasteiger charge is 2.21. The second-order valence-corrected chi connectivity index (χ2v) is 3.84. The topological polar surface area (TPSA) is 45.0 Å². The van der Waals surface area contributed by atoms with Gasteiger partial charge in [0, 0.05) is 6.42 Å². The number of para-hydroxylation sites is 1. The van der Waals surface area contributed by atoms with Gasteiger partial charge in [-0.2, -0.15) is 5.26 Å². The summed E-state index contributed by atoms with van der Waals surface area (Å²) in [5.74, 6) is -1.88. The Hall–Kier alpha value is -1.67. The largest absolute Gasteiger partial charge is 0.488 e. The molecule has 0 spiro atoms. The Morgan fingerprint density at radius 3 is 2.47 bits per heavy atom. The maximum absolute atomic E-state index is 13.2. The van der Waals surface area contributed by atoms with Crippen LogP contribution in [0.15, 0.2) is 18.2 Å². The van der Waals surface area contributed by atoms with Crippen molar-refractivity contribution in [2.75, 3.05) is 13.7 Å². The molecule has 92 valence electrons. The Morgan fingerprint density at radius 2 is 2.00 bits per heavy atom. The number of nitriles is 1. The number of rotatable bonds is 5. The molecule has 0 heterocycles. The molecular formula is C12H14F2N2O. The first-order valence-corrected chi connectivity index (χ1v) is 5.19. The highest BCUT2D eigenvalue weighted by molar-refractivity contribution is 5.26. The quantitative estimate of drug-likeness (QED) is 0.858. The van der Waals surface area contributed by atoms with Gasteiger partial charge in [0.05, 0.1) is 12.7 Å². The van der Waals surface area contributed by atoms with Crippen molar-refractivity contribution < 1.29 is 13.5 Å². The van der Waals surface area contributed by atoms with Crippen molar-refractivity contribution in [3.8, 4) is 11.8 Å². The van der Waals surface area contributed by atoms with Gasteiger partial charge in [0.25, 0.3) is 0 Å². The molecule has 0 aliphatic carbocycles. The summed E-state index contributed by atoms with van der Waals surface area (Å²) in [7, 11) is 1.65. The van der Waals surface area contributed by atoms with Crippen molar-refractivity contribution in [1.29, 1.82) is 5.26 Å². The molecule has 0 fully saturated rings. The van der Waals surface area contributed by atoms with Crippen molar-refractivity contribution in [3.05, 3.63) is 29.8 Å². The van der Waals surface area contributed by atoms with E-state index in [2.05, 4.69) is 11.4 Å². The monoisotopic (exact) mass is 240 g/mol. The SMILES string of the molecule is CNC(C)(C#N)CCOc1c(F)cccc1F. The van der Waals surface area contributed by atoms with Gasteiger partial charge in [0.1, 0.15) is 5.54 Å². The van der Waals surface area contributed by atoms with Crippen LogP contribution in [0, 0.1) is 23.0 Å². The van der Waals surface area contributed by atoms with Crippen LogP contribution in [0.25, 0.3) is 0 Å². The van der Waals surface area contributed by atoms with E-state index in [0.717, 1.165) is 12.1 Å². The van der Waals surface area contributed by atoms with Crippen LogP contribution in [0.5, 0.6) is 5.75 Å². The normalized spacial score (nSPS) is 13.8. The van der Waals surface area contributed by atoms with Crippen LogP contribution in [-0.4, -0.2) is 19.2 Å². The predicted molar refractivity (Wildman–Crippen MR) is 59.5 cm³/mol.